The van der Waals surface area contributed by atoms with Crippen molar-refractivity contribution in [2.24, 2.45) is 5.73 Å². The van der Waals surface area contributed by atoms with Crippen molar-refractivity contribution in [3.63, 3.8) is 0 Å². The summed E-state index contributed by atoms with van der Waals surface area (Å²) in [5, 5.41) is 2.77. The minimum Gasteiger partial charge on any atom is -0.389 e. The summed E-state index contributed by atoms with van der Waals surface area (Å²) in [6.45, 7) is 5.35. The summed E-state index contributed by atoms with van der Waals surface area (Å²) >= 11 is 4.87. The van der Waals surface area contributed by atoms with Gasteiger partial charge >= 0.3 is 0 Å². The zero-order chi connectivity index (χ0) is 15.7. The third-order valence-electron chi connectivity index (χ3n) is 2.75. The Bertz CT molecular complexity index is 462. The number of ether oxygens (including phenoxy) is 2. The van der Waals surface area contributed by atoms with Crippen molar-refractivity contribution in [1.82, 2.24) is 0 Å². The molecular weight excluding hydrogens is 288 g/mol. The molecule has 0 radical (unpaired) electrons. The van der Waals surface area contributed by atoms with E-state index in [2.05, 4.69) is 5.32 Å². The summed E-state index contributed by atoms with van der Waals surface area (Å²) in [6.07, 6.45) is 0.434. The van der Waals surface area contributed by atoms with E-state index in [-0.39, 0.29) is 5.91 Å². The van der Waals surface area contributed by atoms with Crippen molar-refractivity contribution in [1.29, 1.82) is 0 Å². The van der Waals surface area contributed by atoms with Gasteiger partial charge in [0.2, 0.25) is 0 Å². The van der Waals surface area contributed by atoms with Gasteiger partial charge in [0.15, 0.2) is 0 Å². The molecule has 0 heterocycles. The van der Waals surface area contributed by atoms with Gasteiger partial charge in [-0.2, -0.15) is 0 Å². The molecular formula is C15H22N2O3S. The maximum Gasteiger partial charge on any atom is 0.253 e. The number of rotatable bonds is 9. The number of nitrogens with one attached hydrogen (secondary N) is 1. The first-order chi connectivity index (χ1) is 10.0. The van der Waals surface area contributed by atoms with Crippen LogP contribution in [0, 0.1) is 0 Å². The Morgan fingerprint density at radius 1 is 1.29 bits per heavy atom. The van der Waals surface area contributed by atoms with Crippen LogP contribution >= 0.6 is 12.2 Å². The molecule has 6 heteroatoms. The fraction of sp³-hybridized carbons (Fsp3) is 0.467. The number of hydrogen-bond donors (Lipinski definition) is 2. The van der Waals surface area contributed by atoms with E-state index in [1.807, 2.05) is 6.92 Å². The van der Waals surface area contributed by atoms with Crippen molar-refractivity contribution in [3.05, 3.63) is 29.8 Å². The SMILES string of the molecule is CCCOCCOC(C)C(=O)Nc1ccc(C(N)=S)cc1. The Morgan fingerprint density at radius 2 is 1.95 bits per heavy atom. The first-order valence-corrected chi connectivity index (χ1v) is 7.35. The lowest BCUT2D eigenvalue weighted by atomic mass is 10.2. The third-order valence-corrected chi connectivity index (χ3v) is 2.99. The highest BCUT2D eigenvalue weighted by molar-refractivity contribution is 7.80. The van der Waals surface area contributed by atoms with Gasteiger partial charge in [0, 0.05) is 17.9 Å². The van der Waals surface area contributed by atoms with Crippen LogP contribution in [0.25, 0.3) is 0 Å². The van der Waals surface area contributed by atoms with Crippen LogP contribution in [0.15, 0.2) is 24.3 Å². The second-order valence-electron chi connectivity index (χ2n) is 4.56. The minimum atomic E-state index is -0.537. The number of anilines is 1. The van der Waals surface area contributed by atoms with Crippen molar-refractivity contribution in [2.45, 2.75) is 26.4 Å². The quantitative estimate of drug-likeness (QED) is 0.540. The Balaban J connectivity index is 2.36. The largest absolute Gasteiger partial charge is 0.389 e. The fourth-order valence-electron chi connectivity index (χ4n) is 1.57. The van der Waals surface area contributed by atoms with Crippen LogP contribution in [0.5, 0.6) is 0 Å². The molecule has 0 saturated heterocycles. The highest BCUT2D eigenvalue weighted by Gasteiger charge is 2.13. The molecule has 1 amide bonds. The molecule has 0 aliphatic carbocycles. The summed E-state index contributed by atoms with van der Waals surface area (Å²) in [5.41, 5.74) is 6.96. The van der Waals surface area contributed by atoms with E-state index in [0.29, 0.717) is 30.5 Å². The number of carbonyl (C=O) groups is 1. The summed E-state index contributed by atoms with van der Waals surface area (Å²) < 4.78 is 10.7. The van der Waals surface area contributed by atoms with E-state index < -0.39 is 6.10 Å². The summed E-state index contributed by atoms with van der Waals surface area (Å²) in [7, 11) is 0. The van der Waals surface area contributed by atoms with Gasteiger partial charge in [0.1, 0.15) is 11.1 Å². The van der Waals surface area contributed by atoms with E-state index in [1.54, 1.807) is 31.2 Å². The van der Waals surface area contributed by atoms with Crippen molar-refractivity contribution >= 4 is 28.8 Å². The first kappa shape index (κ1) is 17.6. The monoisotopic (exact) mass is 310 g/mol. The second kappa shape index (κ2) is 9.44. The molecule has 1 aromatic rings. The van der Waals surface area contributed by atoms with Gasteiger partial charge in [-0.15, -0.1) is 0 Å². The molecule has 116 valence electrons. The number of hydrogen-bond acceptors (Lipinski definition) is 4. The first-order valence-electron chi connectivity index (χ1n) is 6.94. The summed E-state index contributed by atoms with van der Waals surface area (Å²) in [5.74, 6) is -0.200. The summed E-state index contributed by atoms with van der Waals surface area (Å²) in [4.78, 5) is 12.3. The zero-order valence-corrected chi connectivity index (χ0v) is 13.2. The van der Waals surface area contributed by atoms with Gasteiger partial charge in [-0.25, -0.2) is 0 Å². The third kappa shape index (κ3) is 6.66. The van der Waals surface area contributed by atoms with Gasteiger partial charge in [-0.1, -0.05) is 19.1 Å². The molecule has 0 aliphatic heterocycles. The Kier molecular flexibility index (Phi) is 7.89. The lowest BCUT2D eigenvalue weighted by Gasteiger charge is -2.13. The minimum absolute atomic E-state index is 0.200. The van der Waals surface area contributed by atoms with Crippen LogP contribution in [0.3, 0.4) is 0 Å². The number of nitrogens with two attached hydrogens (primary N) is 1. The number of amides is 1. The number of carbonyl (C=O) groups excluding carboxylic acids is 1. The second-order valence-corrected chi connectivity index (χ2v) is 5.00. The van der Waals surface area contributed by atoms with Gasteiger partial charge in [-0.3, -0.25) is 4.79 Å². The van der Waals surface area contributed by atoms with Crippen LogP contribution < -0.4 is 11.1 Å². The molecule has 0 spiro atoms. The van der Waals surface area contributed by atoms with E-state index >= 15 is 0 Å². The molecule has 1 aromatic carbocycles. The molecule has 1 unspecified atom stereocenters. The average Bonchev–Trinajstić information content (AvgIpc) is 2.47. The highest BCUT2D eigenvalue weighted by atomic mass is 32.1. The highest BCUT2D eigenvalue weighted by Crippen LogP contribution is 2.10. The van der Waals surface area contributed by atoms with E-state index in [0.717, 1.165) is 12.0 Å². The van der Waals surface area contributed by atoms with Crippen LogP contribution in [-0.4, -0.2) is 36.8 Å². The summed E-state index contributed by atoms with van der Waals surface area (Å²) in [6, 6.07) is 7.04. The maximum atomic E-state index is 11.9. The average molecular weight is 310 g/mol. The standard InChI is InChI=1S/C15H22N2O3S/c1-3-8-19-9-10-20-11(2)15(18)17-13-6-4-12(5-7-13)14(16)21/h4-7,11H,3,8-10H2,1-2H3,(H2,16,21)(H,17,18). The van der Waals surface area contributed by atoms with E-state index in [9.17, 15) is 4.79 Å². The topological polar surface area (TPSA) is 73.6 Å². The van der Waals surface area contributed by atoms with E-state index in [1.165, 1.54) is 0 Å². The number of benzene rings is 1. The van der Waals surface area contributed by atoms with Crippen molar-refractivity contribution < 1.29 is 14.3 Å². The smallest absolute Gasteiger partial charge is 0.253 e. The van der Waals surface area contributed by atoms with Gasteiger partial charge in [-0.05, 0) is 37.6 Å². The Hall–Kier alpha value is -1.50. The van der Waals surface area contributed by atoms with E-state index in [4.69, 9.17) is 27.4 Å². The zero-order valence-electron chi connectivity index (χ0n) is 12.4. The predicted molar refractivity (Wildman–Crippen MR) is 87.5 cm³/mol. The van der Waals surface area contributed by atoms with Crippen molar-refractivity contribution in [2.75, 3.05) is 25.1 Å². The van der Waals surface area contributed by atoms with Crippen molar-refractivity contribution in [3.8, 4) is 0 Å². The molecule has 1 rings (SSSR count). The van der Waals surface area contributed by atoms with Crippen LogP contribution in [0.2, 0.25) is 0 Å². The van der Waals surface area contributed by atoms with Crippen LogP contribution in [-0.2, 0) is 14.3 Å². The van der Waals surface area contributed by atoms with Gasteiger partial charge in [0.05, 0.1) is 13.2 Å². The molecule has 5 nitrogen and oxygen atoms in total. The Morgan fingerprint density at radius 3 is 2.52 bits per heavy atom. The van der Waals surface area contributed by atoms with Crippen LogP contribution in [0.4, 0.5) is 5.69 Å². The van der Waals surface area contributed by atoms with Gasteiger partial charge in [0.25, 0.3) is 5.91 Å². The molecule has 21 heavy (non-hydrogen) atoms. The van der Waals surface area contributed by atoms with Gasteiger partial charge < -0.3 is 20.5 Å². The normalized spacial score (nSPS) is 11.9. The Labute approximate surface area is 130 Å². The molecule has 3 N–H and O–H groups in total. The number of thiocarbonyl (C=S) groups is 1. The maximum absolute atomic E-state index is 11.9. The predicted octanol–water partition coefficient (Wildman–Crippen LogP) is 2.09. The molecule has 0 bridgehead atoms. The molecule has 0 aliphatic rings. The lowest BCUT2D eigenvalue weighted by Crippen LogP contribution is -2.28. The molecule has 1 atom stereocenters. The molecule has 0 saturated carbocycles. The fourth-order valence-corrected chi connectivity index (χ4v) is 1.70. The lowest BCUT2D eigenvalue weighted by molar-refractivity contribution is -0.127. The molecule has 0 fully saturated rings. The molecule has 0 aromatic heterocycles. The van der Waals surface area contributed by atoms with Crippen LogP contribution in [0.1, 0.15) is 25.8 Å².